The van der Waals surface area contributed by atoms with Crippen LogP contribution in [0, 0.1) is 0 Å². The summed E-state index contributed by atoms with van der Waals surface area (Å²) in [6, 6.07) is 6.27. The van der Waals surface area contributed by atoms with Crippen LogP contribution in [0.1, 0.15) is 30.7 Å². The van der Waals surface area contributed by atoms with Crippen LogP contribution in [0.2, 0.25) is 0 Å². The van der Waals surface area contributed by atoms with Gasteiger partial charge < -0.3 is 15.0 Å². The Kier molecular flexibility index (Phi) is 3.42. The van der Waals surface area contributed by atoms with Crippen molar-refractivity contribution in [2.45, 2.75) is 25.2 Å². The SMILES string of the molecule is CN1C(=O)CCOc2ccc(C3CCCNC3)cc21. The summed E-state index contributed by atoms with van der Waals surface area (Å²) in [7, 11) is 1.83. The van der Waals surface area contributed by atoms with E-state index in [1.54, 1.807) is 4.90 Å². The van der Waals surface area contributed by atoms with Gasteiger partial charge in [-0.2, -0.15) is 0 Å². The first-order chi connectivity index (χ1) is 9.25. The number of rotatable bonds is 1. The number of ether oxygens (including phenoxy) is 1. The quantitative estimate of drug-likeness (QED) is 0.838. The van der Waals surface area contributed by atoms with E-state index in [2.05, 4.69) is 17.4 Å². The summed E-state index contributed by atoms with van der Waals surface area (Å²) in [6.07, 6.45) is 2.88. The molecule has 0 aliphatic carbocycles. The minimum absolute atomic E-state index is 0.123. The van der Waals surface area contributed by atoms with E-state index in [1.165, 1.54) is 18.4 Å². The fourth-order valence-electron chi connectivity index (χ4n) is 2.86. The van der Waals surface area contributed by atoms with Gasteiger partial charge in [-0.1, -0.05) is 6.07 Å². The predicted octanol–water partition coefficient (Wildman–Crippen LogP) is 1.90. The lowest BCUT2D eigenvalue weighted by atomic mass is 9.91. The first kappa shape index (κ1) is 12.5. The predicted molar refractivity (Wildman–Crippen MR) is 74.8 cm³/mol. The molecule has 1 atom stereocenters. The molecule has 19 heavy (non-hydrogen) atoms. The number of carbonyl (C=O) groups excluding carboxylic acids is 1. The Labute approximate surface area is 113 Å². The molecule has 1 saturated heterocycles. The smallest absolute Gasteiger partial charge is 0.230 e. The number of anilines is 1. The highest BCUT2D eigenvalue weighted by Crippen LogP contribution is 2.35. The number of piperidine rings is 1. The summed E-state index contributed by atoms with van der Waals surface area (Å²) in [6.45, 7) is 2.61. The number of nitrogens with zero attached hydrogens (tertiary/aromatic N) is 1. The summed E-state index contributed by atoms with van der Waals surface area (Å²) in [5.41, 5.74) is 2.21. The highest BCUT2D eigenvalue weighted by atomic mass is 16.5. The molecule has 1 aromatic rings. The molecule has 102 valence electrons. The second kappa shape index (κ2) is 5.21. The number of hydrogen-bond donors (Lipinski definition) is 1. The Hall–Kier alpha value is -1.55. The topological polar surface area (TPSA) is 41.6 Å². The van der Waals surface area contributed by atoms with Crippen LogP contribution in [-0.4, -0.2) is 32.7 Å². The molecule has 2 aliphatic heterocycles. The van der Waals surface area contributed by atoms with Crippen molar-refractivity contribution in [2.75, 3.05) is 31.6 Å². The van der Waals surface area contributed by atoms with Gasteiger partial charge in [0.1, 0.15) is 5.75 Å². The van der Waals surface area contributed by atoms with Gasteiger partial charge in [-0.15, -0.1) is 0 Å². The van der Waals surface area contributed by atoms with Crippen molar-refractivity contribution in [3.63, 3.8) is 0 Å². The maximum absolute atomic E-state index is 11.9. The van der Waals surface area contributed by atoms with E-state index in [1.807, 2.05) is 13.1 Å². The first-order valence-electron chi connectivity index (χ1n) is 7.00. The van der Waals surface area contributed by atoms with Gasteiger partial charge in [0.15, 0.2) is 0 Å². The van der Waals surface area contributed by atoms with Crippen molar-refractivity contribution >= 4 is 11.6 Å². The second-order valence-corrected chi connectivity index (χ2v) is 5.32. The normalized spacial score (nSPS) is 23.5. The van der Waals surface area contributed by atoms with Gasteiger partial charge in [0.05, 0.1) is 18.7 Å². The third kappa shape index (κ3) is 2.45. The zero-order valence-corrected chi connectivity index (χ0v) is 11.3. The van der Waals surface area contributed by atoms with Crippen LogP contribution in [0.15, 0.2) is 18.2 Å². The van der Waals surface area contributed by atoms with E-state index in [0.29, 0.717) is 18.9 Å². The standard InChI is InChI=1S/C15H20N2O2/c1-17-13-9-11(12-3-2-7-16-10-12)4-5-14(13)19-8-6-15(17)18/h4-5,9,12,16H,2-3,6-8,10H2,1H3. The Balaban J connectivity index is 1.92. The molecule has 3 rings (SSSR count). The van der Waals surface area contributed by atoms with Gasteiger partial charge in [-0.05, 0) is 43.0 Å². The molecular weight excluding hydrogens is 240 g/mol. The number of benzene rings is 1. The molecule has 1 fully saturated rings. The van der Waals surface area contributed by atoms with Gasteiger partial charge in [-0.3, -0.25) is 4.79 Å². The molecular formula is C15H20N2O2. The van der Waals surface area contributed by atoms with Crippen LogP contribution < -0.4 is 15.0 Å². The van der Waals surface area contributed by atoms with Crippen molar-refractivity contribution in [2.24, 2.45) is 0 Å². The molecule has 0 saturated carbocycles. The van der Waals surface area contributed by atoms with Gasteiger partial charge >= 0.3 is 0 Å². The van der Waals surface area contributed by atoms with Crippen LogP contribution in [0.5, 0.6) is 5.75 Å². The molecule has 1 unspecified atom stereocenters. The Morgan fingerprint density at radius 3 is 3.11 bits per heavy atom. The van der Waals surface area contributed by atoms with Crippen LogP contribution in [0.3, 0.4) is 0 Å². The van der Waals surface area contributed by atoms with Gasteiger partial charge in [0.25, 0.3) is 0 Å². The highest BCUT2D eigenvalue weighted by Gasteiger charge is 2.22. The summed E-state index contributed by atoms with van der Waals surface area (Å²) >= 11 is 0. The lowest BCUT2D eigenvalue weighted by molar-refractivity contribution is -0.118. The molecule has 0 bridgehead atoms. The molecule has 2 aliphatic rings. The van der Waals surface area contributed by atoms with Crippen LogP contribution in [0.25, 0.3) is 0 Å². The molecule has 2 heterocycles. The monoisotopic (exact) mass is 260 g/mol. The largest absolute Gasteiger partial charge is 0.491 e. The fourth-order valence-corrected chi connectivity index (χ4v) is 2.86. The Bertz CT molecular complexity index is 481. The lowest BCUT2D eigenvalue weighted by Gasteiger charge is -2.25. The van der Waals surface area contributed by atoms with Gasteiger partial charge in [-0.25, -0.2) is 0 Å². The van der Waals surface area contributed by atoms with E-state index in [9.17, 15) is 4.79 Å². The van der Waals surface area contributed by atoms with Crippen LogP contribution in [0.4, 0.5) is 5.69 Å². The van der Waals surface area contributed by atoms with Crippen molar-refractivity contribution in [1.82, 2.24) is 5.32 Å². The highest BCUT2D eigenvalue weighted by molar-refractivity contribution is 5.95. The van der Waals surface area contributed by atoms with E-state index in [0.717, 1.165) is 24.5 Å². The summed E-state index contributed by atoms with van der Waals surface area (Å²) in [5.74, 6) is 1.49. The Morgan fingerprint density at radius 2 is 2.32 bits per heavy atom. The number of nitrogens with one attached hydrogen (secondary N) is 1. The summed E-state index contributed by atoms with van der Waals surface area (Å²) in [4.78, 5) is 13.6. The molecule has 0 radical (unpaired) electrons. The van der Waals surface area contributed by atoms with Crippen molar-refractivity contribution in [1.29, 1.82) is 0 Å². The third-order valence-electron chi connectivity index (χ3n) is 4.06. The van der Waals surface area contributed by atoms with Crippen LogP contribution >= 0.6 is 0 Å². The maximum atomic E-state index is 11.9. The third-order valence-corrected chi connectivity index (χ3v) is 4.06. The van der Waals surface area contributed by atoms with Gasteiger partial charge in [0.2, 0.25) is 5.91 Å². The molecule has 0 aromatic heterocycles. The lowest BCUT2D eigenvalue weighted by Crippen LogP contribution is -2.29. The summed E-state index contributed by atoms with van der Waals surface area (Å²) < 4.78 is 5.65. The first-order valence-corrected chi connectivity index (χ1v) is 7.00. The van der Waals surface area contributed by atoms with E-state index in [-0.39, 0.29) is 5.91 Å². The minimum atomic E-state index is 0.123. The van der Waals surface area contributed by atoms with Crippen molar-refractivity contribution < 1.29 is 9.53 Å². The summed E-state index contributed by atoms with van der Waals surface area (Å²) in [5, 5.41) is 3.43. The van der Waals surface area contributed by atoms with E-state index < -0.39 is 0 Å². The van der Waals surface area contributed by atoms with Crippen LogP contribution in [-0.2, 0) is 4.79 Å². The van der Waals surface area contributed by atoms with Crippen molar-refractivity contribution in [3.05, 3.63) is 23.8 Å². The van der Waals surface area contributed by atoms with E-state index in [4.69, 9.17) is 4.74 Å². The molecule has 4 heteroatoms. The molecule has 4 nitrogen and oxygen atoms in total. The molecule has 1 amide bonds. The van der Waals surface area contributed by atoms with E-state index >= 15 is 0 Å². The average Bonchev–Trinajstić information content (AvgIpc) is 2.60. The maximum Gasteiger partial charge on any atom is 0.230 e. The number of hydrogen-bond acceptors (Lipinski definition) is 3. The average molecular weight is 260 g/mol. The van der Waals surface area contributed by atoms with Gasteiger partial charge in [0, 0.05) is 13.6 Å². The minimum Gasteiger partial charge on any atom is -0.491 e. The molecule has 1 N–H and O–H groups in total. The zero-order valence-electron chi connectivity index (χ0n) is 11.3. The Morgan fingerprint density at radius 1 is 1.42 bits per heavy atom. The number of amides is 1. The van der Waals surface area contributed by atoms with Crippen molar-refractivity contribution in [3.8, 4) is 5.75 Å². The number of fused-ring (bicyclic) bond motifs is 1. The zero-order chi connectivity index (χ0) is 13.2. The molecule has 0 spiro atoms. The number of carbonyl (C=O) groups is 1. The fraction of sp³-hybridized carbons (Fsp3) is 0.533. The molecule has 1 aromatic carbocycles. The second-order valence-electron chi connectivity index (χ2n) is 5.32.